The molecule has 20 heavy (non-hydrogen) atoms. The molecule has 0 aliphatic carbocycles. The maximum Gasteiger partial charge on any atom is 0.166 e. The summed E-state index contributed by atoms with van der Waals surface area (Å²) in [6.45, 7) is 1.94. The van der Waals surface area contributed by atoms with Crippen LogP contribution in [-0.4, -0.2) is 36.8 Å². The van der Waals surface area contributed by atoms with Crippen molar-refractivity contribution in [1.82, 2.24) is 19.9 Å². The summed E-state index contributed by atoms with van der Waals surface area (Å²) in [6, 6.07) is 0. The van der Waals surface area contributed by atoms with Crippen molar-refractivity contribution in [2.45, 2.75) is 12.3 Å². The number of hydrogen-bond donors (Lipinski definition) is 2. The van der Waals surface area contributed by atoms with Crippen LogP contribution in [0.2, 0.25) is 0 Å². The molecular weight excluding hydrogens is 276 g/mol. The highest BCUT2D eigenvalue weighted by atomic mass is 32.2. The Morgan fingerprint density at radius 1 is 1.50 bits per heavy atom. The fraction of sp³-hybridized carbons (Fsp3) is 0.250. The number of aromatic nitrogens is 3. The molecule has 2 aromatic rings. The van der Waals surface area contributed by atoms with E-state index in [4.69, 9.17) is 5.73 Å². The topological polar surface area (TPSA) is 97.7 Å². The van der Waals surface area contributed by atoms with Gasteiger partial charge in [0.15, 0.2) is 11.5 Å². The smallest absolute Gasteiger partial charge is 0.166 e. The zero-order valence-electron chi connectivity index (χ0n) is 11.1. The Morgan fingerprint density at radius 2 is 2.30 bits per heavy atom. The van der Waals surface area contributed by atoms with Crippen molar-refractivity contribution in [2.75, 3.05) is 12.0 Å². The summed E-state index contributed by atoms with van der Waals surface area (Å²) in [6.07, 6.45) is 8.54. The monoisotopic (exact) mass is 290 g/mol. The summed E-state index contributed by atoms with van der Waals surface area (Å²) in [5, 5.41) is 6.88. The Kier molecular flexibility index (Phi) is 3.01. The number of rotatable bonds is 2. The molecule has 0 amide bonds. The molecule has 7 nitrogen and oxygen atoms in total. The van der Waals surface area contributed by atoms with Crippen LogP contribution in [0.1, 0.15) is 11.1 Å². The van der Waals surface area contributed by atoms with Crippen molar-refractivity contribution in [3.8, 4) is 0 Å². The summed E-state index contributed by atoms with van der Waals surface area (Å²) in [5.41, 5.74) is 9.06. The third kappa shape index (κ3) is 2.07. The molecular formula is C12H14N6OS. The van der Waals surface area contributed by atoms with Gasteiger partial charge in [0.1, 0.15) is 5.37 Å². The van der Waals surface area contributed by atoms with E-state index in [-0.39, 0.29) is 5.37 Å². The van der Waals surface area contributed by atoms with Gasteiger partial charge in [0.25, 0.3) is 0 Å². The minimum absolute atomic E-state index is 0.373. The molecule has 0 radical (unpaired) electrons. The summed E-state index contributed by atoms with van der Waals surface area (Å²) < 4.78 is 13.2. The van der Waals surface area contributed by atoms with Crippen molar-refractivity contribution in [1.29, 1.82) is 0 Å². The first-order valence-electron chi connectivity index (χ1n) is 5.99. The third-order valence-electron chi connectivity index (χ3n) is 2.99. The highest BCUT2D eigenvalue weighted by Gasteiger charge is 2.20. The van der Waals surface area contributed by atoms with E-state index in [9.17, 15) is 4.21 Å². The van der Waals surface area contributed by atoms with Crippen molar-refractivity contribution in [3.05, 3.63) is 29.6 Å². The number of fused-ring (bicyclic) bond motifs is 1. The molecule has 3 rings (SSSR count). The first-order chi connectivity index (χ1) is 9.56. The van der Waals surface area contributed by atoms with Crippen LogP contribution in [0.5, 0.6) is 0 Å². The molecule has 3 N–H and O–H groups in total. The molecule has 0 spiro atoms. The summed E-state index contributed by atoms with van der Waals surface area (Å²) in [5.74, 6) is 0.373. The van der Waals surface area contributed by atoms with Gasteiger partial charge in [-0.05, 0) is 18.6 Å². The SMILES string of the molecule is Cc1cnc2c(C3=CC(S(C)=O)N=CN3)c(N)nn2c1. The normalized spacial score (nSPS) is 19.7. The molecule has 104 valence electrons. The highest BCUT2D eigenvalue weighted by Crippen LogP contribution is 2.25. The van der Waals surface area contributed by atoms with Crippen LogP contribution < -0.4 is 11.1 Å². The zero-order chi connectivity index (χ0) is 14.3. The first kappa shape index (κ1) is 12.8. The maximum absolute atomic E-state index is 11.6. The Balaban J connectivity index is 2.15. The van der Waals surface area contributed by atoms with Crippen LogP contribution in [0.25, 0.3) is 11.3 Å². The molecule has 1 aliphatic rings. The Bertz CT molecular complexity index is 763. The highest BCUT2D eigenvalue weighted by molar-refractivity contribution is 7.85. The molecule has 0 saturated carbocycles. The third-order valence-corrected chi connectivity index (χ3v) is 3.93. The van der Waals surface area contributed by atoms with E-state index in [1.807, 2.05) is 13.1 Å². The van der Waals surface area contributed by atoms with Crippen LogP contribution in [0.3, 0.4) is 0 Å². The molecule has 1 aliphatic heterocycles. The number of nitrogen functional groups attached to an aromatic ring is 1. The Morgan fingerprint density at radius 3 is 3.05 bits per heavy atom. The van der Waals surface area contributed by atoms with E-state index in [2.05, 4.69) is 20.4 Å². The van der Waals surface area contributed by atoms with Gasteiger partial charge in [0, 0.05) is 29.4 Å². The first-order valence-corrected chi connectivity index (χ1v) is 7.61. The number of aryl methyl sites for hydroxylation is 1. The number of hydrogen-bond acceptors (Lipinski definition) is 6. The summed E-state index contributed by atoms with van der Waals surface area (Å²) in [7, 11) is -1.08. The van der Waals surface area contributed by atoms with Crippen LogP contribution in [0.15, 0.2) is 23.5 Å². The lowest BCUT2D eigenvalue weighted by Gasteiger charge is -2.14. The molecule has 0 bridgehead atoms. The van der Waals surface area contributed by atoms with Gasteiger partial charge in [-0.15, -0.1) is 5.10 Å². The second-order valence-electron chi connectivity index (χ2n) is 4.55. The predicted octanol–water partition coefficient (Wildman–Crippen LogP) is 0.297. The quantitative estimate of drug-likeness (QED) is 0.829. The molecule has 0 saturated heterocycles. The molecule has 3 heterocycles. The van der Waals surface area contributed by atoms with Gasteiger partial charge in [-0.1, -0.05) is 0 Å². The average Bonchev–Trinajstić information content (AvgIpc) is 2.73. The van der Waals surface area contributed by atoms with Gasteiger partial charge in [0.2, 0.25) is 0 Å². The largest absolute Gasteiger partial charge is 0.382 e. The Hall–Kier alpha value is -2.22. The van der Waals surface area contributed by atoms with Gasteiger partial charge in [0.05, 0.1) is 17.6 Å². The van der Waals surface area contributed by atoms with Crippen LogP contribution in [-0.2, 0) is 10.8 Å². The van der Waals surface area contributed by atoms with Crippen molar-refractivity contribution in [3.63, 3.8) is 0 Å². The molecule has 2 unspecified atom stereocenters. The number of nitrogens with zero attached hydrogens (tertiary/aromatic N) is 4. The van der Waals surface area contributed by atoms with Crippen LogP contribution >= 0.6 is 0 Å². The van der Waals surface area contributed by atoms with Gasteiger partial charge < -0.3 is 11.1 Å². The average molecular weight is 290 g/mol. The van der Waals surface area contributed by atoms with Crippen LogP contribution in [0, 0.1) is 6.92 Å². The summed E-state index contributed by atoms with van der Waals surface area (Å²) in [4.78, 5) is 8.48. The van der Waals surface area contributed by atoms with E-state index >= 15 is 0 Å². The van der Waals surface area contributed by atoms with Gasteiger partial charge in [-0.25, -0.2) is 9.50 Å². The standard InChI is InChI=1S/C12H14N6OS/c1-7-4-14-12-10(11(13)17-18(12)5-7)8-3-9(20(2)19)16-6-15-8/h3-6,9H,1-2H3,(H2,13,17)(H,15,16). The van der Waals surface area contributed by atoms with Crippen LogP contribution in [0.4, 0.5) is 5.82 Å². The molecule has 8 heteroatoms. The molecule has 0 aromatic carbocycles. The van der Waals surface area contributed by atoms with E-state index < -0.39 is 10.8 Å². The van der Waals surface area contributed by atoms with E-state index in [0.717, 1.165) is 11.3 Å². The van der Waals surface area contributed by atoms with Gasteiger partial charge in [-0.2, -0.15) is 0 Å². The van der Waals surface area contributed by atoms with Gasteiger partial charge in [-0.3, -0.25) is 9.20 Å². The lowest BCUT2D eigenvalue weighted by molar-refractivity contribution is 0.682. The van der Waals surface area contributed by atoms with Crippen molar-refractivity contribution < 1.29 is 4.21 Å². The molecule has 2 atom stereocenters. The fourth-order valence-corrected chi connectivity index (χ4v) is 2.61. The number of anilines is 1. The lowest BCUT2D eigenvalue weighted by atomic mass is 10.2. The second kappa shape index (κ2) is 4.71. The van der Waals surface area contributed by atoms with E-state index in [1.54, 1.807) is 23.0 Å². The second-order valence-corrected chi connectivity index (χ2v) is 6.03. The van der Waals surface area contributed by atoms with Crippen molar-refractivity contribution in [2.24, 2.45) is 4.99 Å². The molecule has 2 aromatic heterocycles. The number of aliphatic imine (C=N–C) groups is 1. The predicted molar refractivity (Wildman–Crippen MR) is 79.6 cm³/mol. The number of nitrogens with two attached hydrogens (primary N) is 1. The minimum Gasteiger partial charge on any atom is -0.382 e. The minimum atomic E-state index is -1.08. The number of nitrogens with one attached hydrogen (secondary N) is 1. The Labute approximate surface area is 118 Å². The molecule has 0 fully saturated rings. The summed E-state index contributed by atoms with van der Waals surface area (Å²) >= 11 is 0. The maximum atomic E-state index is 11.6. The van der Waals surface area contributed by atoms with Gasteiger partial charge >= 0.3 is 0 Å². The van der Waals surface area contributed by atoms with Crippen molar-refractivity contribution >= 4 is 34.3 Å². The zero-order valence-corrected chi connectivity index (χ0v) is 11.9. The van der Waals surface area contributed by atoms with E-state index in [1.165, 1.54) is 6.34 Å². The fourth-order valence-electron chi connectivity index (χ4n) is 2.05. The lowest BCUT2D eigenvalue weighted by Crippen LogP contribution is -2.22. The van der Waals surface area contributed by atoms with E-state index in [0.29, 0.717) is 17.0 Å².